The highest BCUT2D eigenvalue weighted by atomic mass is 32.2. The summed E-state index contributed by atoms with van der Waals surface area (Å²) in [5.41, 5.74) is 2.16. The predicted molar refractivity (Wildman–Crippen MR) is 155 cm³/mol. The van der Waals surface area contributed by atoms with Gasteiger partial charge in [-0.2, -0.15) is 4.72 Å². The van der Waals surface area contributed by atoms with E-state index in [1.807, 2.05) is 30.3 Å². The molecule has 14 heteroatoms. The summed E-state index contributed by atoms with van der Waals surface area (Å²) in [6, 6.07) is 11.5. The van der Waals surface area contributed by atoms with Crippen molar-refractivity contribution >= 4 is 33.6 Å². The Morgan fingerprint density at radius 1 is 1.17 bits per heavy atom. The Bertz CT molecular complexity index is 1570. The molecular formula is C28H33N7O6S. The average Bonchev–Trinajstić information content (AvgIpc) is 3.71. The highest BCUT2D eigenvalue weighted by molar-refractivity contribution is 7.89. The number of nitrogens with one attached hydrogen (secondary N) is 5. The van der Waals surface area contributed by atoms with Crippen LogP contribution in [0.3, 0.4) is 0 Å². The van der Waals surface area contributed by atoms with E-state index in [1.54, 1.807) is 38.4 Å². The van der Waals surface area contributed by atoms with Crippen molar-refractivity contribution in [2.75, 3.05) is 25.0 Å². The highest BCUT2D eigenvalue weighted by Crippen LogP contribution is 2.33. The topological polar surface area (TPSA) is 187 Å². The molecule has 2 aliphatic heterocycles. The van der Waals surface area contributed by atoms with Gasteiger partial charge in [0.15, 0.2) is 11.5 Å². The second-order valence-corrected chi connectivity index (χ2v) is 12.3. The van der Waals surface area contributed by atoms with Crippen LogP contribution in [0.15, 0.2) is 64.9 Å². The van der Waals surface area contributed by atoms with Gasteiger partial charge >= 0.3 is 5.97 Å². The number of aromatic amines is 1. The quantitative estimate of drug-likeness (QED) is 0.191. The third-order valence-electron chi connectivity index (χ3n) is 7.35. The fraction of sp³-hybridized carbons (Fsp3) is 0.357. The molecule has 2 aliphatic rings. The number of rotatable bonds is 11. The summed E-state index contributed by atoms with van der Waals surface area (Å²) in [5, 5.41) is 22.7. The predicted octanol–water partition coefficient (Wildman–Crippen LogP) is 1.53. The molecule has 0 aliphatic carbocycles. The van der Waals surface area contributed by atoms with E-state index in [4.69, 9.17) is 4.84 Å². The largest absolute Gasteiger partial charge is 0.480 e. The minimum absolute atomic E-state index is 0.0000852. The number of amides is 1. The lowest BCUT2D eigenvalue weighted by Crippen LogP contribution is -2.49. The number of anilines is 1. The Hall–Kier alpha value is -4.27. The van der Waals surface area contributed by atoms with E-state index in [-0.39, 0.29) is 23.1 Å². The number of aryl methyl sites for hydroxylation is 2. The number of carboxylic acid groups (broad SMARTS) is 1. The fourth-order valence-electron chi connectivity index (χ4n) is 5.39. The van der Waals surface area contributed by atoms with Gasteiger partial charge in [0, 0.05) is 50.9 Å². The second kappa shape index (κ2) is 11.9. The normalized spacial score (nSPS) is 20.6. The maximum atomic E-state index is 13.3. The van der Waals surface area contributed by atoms with Crippen LogP contribution in [-0.2, 0) is 24.4 Å². The van der Waals surface area contributed by atoms with Crippen LogP contribution in [-0.4, -0.2) is 78.4 Å². The molecule has 13 nitrogen and oxygen atoms in total. The molecule has 5 rings (SSSR count). The summed E-state index contributed by atoms with van der Waals surface area (Å²) in [4.78, 5) is 37.6. The first kappa shape index (κ1) is 29.2. The number of benzene rings is 2. The number of nitrogens with zero attached hydrogens (tertiary/aromatic N) is 2. The summed E-state index contributed by atoms with van der Waals surface area (Å²) in [6.45, 7) is 3.92. The van der Waals surface area contributed by atoms with Crippen molar-refractivity contribution < 1.29 is 28.0 Å². The number of carboxylic acids is 1. The molecule has 0 saturated carbocycles. The molecule has 1 fully saturated rings. The molecule has 0 radical (unpaired) electrons. The Morgan fingerprint density at radius 2 is 1.90 bits per heavy atom. The van der Waals surface area contributed by atoms with Gasteiger partial charge in [-0.3, -0.25) is 9.59 Å². The first-order chi connectivity index (χ1) is 20.1. The molecule has 2 aromatic carbocycles. The van der Waals surface area contributed by atoms with E-state index in [0.29, 0.717) is 36.6 Å². The van der Waals surface area contributed by atoms with Crippen molar-refractivity contribution in [1.29, 1.82) is 0 Å². The van der Waals surface area contributed by atoms with Crippen molar-refractivity contribution in [3.63, 3.8) is 0 Å². The van der Waals surface area contributed by atoms with Crippen LogP contribution in [0.4, 0.5) is 5.95 Å². The van der Waals surface area contributed by atoms with E-state index >= 15 is 0 Å². The minimum atomic E-state index is -4.24. The fourth-order valence-corrected chi connectivity index (χ4v) is 7.03. The van der Waals surface area contributed by atoms with E-state index in [0.717, 1.165) is 11.1 Å². The Morgan fingerprint density at radius 3 is 2.57 bits per heavy atom. The van der Waals surface area contributed by atoms with E-state index < -0.39 is 40.1 Å². The van der Waals surface area contributed by atoms with Gasteiger partial charge in [-0.1, -0.05) is 47.6 Å². The highest BCUT2D eigenvalue weighted by Gasteiger charge is 2.47. The van der Waals surface area contributed by atoms with E-state index in [9.17, 15) is 23.1 Å². The molecule has 3 aromatic rings. The number of imidazole rings is 1. The molecule has 6 N–H and O–H groups in total. The Kier molecular flexibility index (Phi) is 8.29. The smallest absolute Gasteiger partial charge is 0.323 e. The lowest BCUT2D eigenvalue weighted by Gasteiger charge is -2.20. The van der Waals surface area contributed by atoms with Gasteiger partial charge in [0.2, 0.25) is 10.0 Å². The van der Waals surface area contributed by atoms with Crippen molar-refractivity contribution in [3.8, 4) is 11.1 Å². The first-order valence-electron chi connectivity index (χ1n) is 13.5. The molecule has 1 aromatic heterocycles. The van der Waals surface area contributed by atoms with Crippen LogP contribution < -0.4 is 20.7 Å². The molecule has 1 amide bonds. The van der Waals surface area contributed by atoms with Crippen LogP contribution >= 0.6 is 0 Å². The van der Waals surface area contributed by atoms with Gasteiger partial charge in [0.25, 0.3) is 5.91 Å². The Labute approximate surface area is 243 Å². The van der Waals surface area contributed by atoms with E-state index in [2.05, 4.69) is 35.8 Å². The lowest BCUT2D eigenvalue weighted by molar-refractivity contribution is -0.138. The summed E-state index contributed by atoms with van der Waals surface area (Å²) in [5.74, 6) is -1.39. The average molecular weight is 596 g/mol. The summed E-state index contributed by atoms with van der Waals surface area (Å²) in [6.07, 6.45) is 4.20. The number of carbonyl (C=O) groups excluding carboxylic acids is 1. The van der Waals surface area contributed by atoms with Crippen molar-refractivity contribution in [2.24, 2.45) is 5.16 Å². The molecule has 42 heavy (non-hydrogen) atoms. The molecule has 222 valence electrons. The van der Waals surface area contributed by atoms with Gasteiger partial charge in [0.05, 0.1) is 4.90 Å². The monoisotopic (exact) mass is 595 g/mol. The number of aromatic nitrogens is 2. The van der Waals surface area contributed by atoms with Gasteiger partial charge in [-0.05, 0) is 36.1 Å². The third kappa shape index (κ3) is 6.45. The van der Waals surface area contributed by atoms with Gasteiger partial charge in [-0.15, -0.1) is 0 Å². The lowest BCUT2D eigenvalue weighted by atomic mass is 9.94. The maximum Gasteiger partial charge on any atom is 0.323 e. The molecule has 1 saturated heterocycles. The molecule has 3 atom stereocenters. The Balaban J connectivity index is 1.18. The summed E-state index contributed by atoms with van der Waals surface area (Å²) in [7, 11) is -4.24. The SMILES string of the molecule is Cc1cc(-c2ccccc2)cc(C)c1S(=O)(=O)NC(CNC(=O)C1=NO[C@]2(CNC(CNc3ncc[nH]3)C2)C1)C(=O)O. The van der Waals surface area contributed by atoms with Gasteiger partial charge in [0.1, 0.15) is 11.8 Å². The van der Waals surface area contributed by atoms with E-state index in [1.165, 1.54) is 0 Å². The zero-order valence-electron chi connectivity index (χ0n) is 23.2. The molecule has 3 heterocycles. The van der Waals surface area contributed by atoms with Gasteiger partial charge < -0.3 is 30.9 Å². The standard InChI is InChI=1S/C28H33N7O6S/c1-17-10-20(19-6-4-3-5-7-19)11-18(2)24(17)42(39,40)35-23(26(37)38)15-31-25(36)22-13-28(41-34-22)12-21(33-16-28)14-32-27-29-8-9-30-27/h3-11,21,23,33,35H,12-16H2,1-2H3,(H,31,36)(H,37,38)(H2,29,30,32)/t21?,23?,28-/m0/s1. The van der Waals surface area contributed by atoms with Crippen molar-refractivity contribution in [1.82, 2.24) is 25.3 Å². The van der Waals surface area contributed by atoms with Gasteiger partial charge in [-0.25, -0.2) is 13.4 Å². The molecule has 0 bridgehead atoms. The number of aliphatic carboxylic acids is 1. The molecule has 2 unspecified atom stereocenters. The molecule has 1 spiro atoms. The number of hydrogen-bond acceptors (Lipinski definition) is 9. The van der Waals surface area contributed by atoms with Crippen LogP contribution in [0.1, 0.15) is 24.0 Å². The number of H-pyrrole nitrogens is 1. The summed E-state index contributed by atoms with van der Waals surface area (Å²) < 4.78 is 28.9. The van der Waals surface area contributed by atoms with Crippen molar-refractivity contribution in [3.05, 3.63) is 66.0 Å². The van der Waals surface area contributed by atoms with Crippen LogP contribution in [0, 0.1) is 13.8 Å². The number of carbonyl (C=O) groups is 2. The van der Waals surface area contributed by atoms with Crippen molar-refractivity contribution in [2.45, 2.75) is 49.3 Å². The maximum absolute atomic E-state index is 13.3. The van der Waals surface area contributed by atoms with Crippen LogP contribution in [0.5, 0.6) is 0 Å². The zero-order valence-corrected chi connectivity index (χ0v) is 24.0. The molecular weight excluding hydrogens is 562 g/mol. The van der Waals surface area contributed by atoms with Crippen LogP contribution in [0.25, 0.3) is 11.1 Å². The number of sulfonamides is 1. The second-order valence-electron chi connectivity index (χ2n) is 10.6. The minimum Gasteiger partial charge on any atom is -0.480 e. The summed E-state index contributed by atoms with van der Waals surface area (Å²) >= 11 is 0. The third-order valence-corrected chi connectivity index (χ3v) is 9.12. The number of hydrogen-bond donors (Lipinski definition) is 6. The van der Waals surface area contributed by atoms with Crippen LogP contribution in [0.2, 0.25) is 0 Å². The number of oxime groups is 1. The first-order valence-corrected chi connectivity index (χ1v) is 15.0. The zero-order chi connectivity index (χ0) is 29.9.